The van der Waals surface area contributed by atoms with Crippen molar-refractivity contribution in [3.05, 3.63) is 0 Å². The van der Waals surface area contributed by atoms with E-state index in [-0.39, 0.29) is 0 Å². The van der Waals surface area contributed by atoms with Gasteiger partial charge in [-0.25, -0.2) is 0 Å². The molecule has 24 heavy (non-hydrogen) atoms. The first-order chi connectivity index (χ1) is 11.5. The van der Waals surface area contributed by atoms with Gasteiger partial charge in [-0.2, -0.15) is 0 Å². The van der Waals surface area contributed by atoms with Crippen molar-refractivity contribution in [2.45, 2.75) is 79.7 Å². The second-order valence-corrected chi connectivity index (χ2v) is 8.21. The van der Waals surface area contributed by atoms with Crippen LogP contribution in [0, 0.1) is 17.8 Å². The van der Waals surface area contributed by atoms with Gasteiger partial charge in [-0.3, -0.25) is 4.79 Å². The molecule has 0 aliphatic carbocycles. The number of hydrogen-bond acceptors (Lipinski definition) is 3. The van der Waals surface area contributed by atoms with Gasteiger partial charge >= 0.3 is 0 Å². The van der Waals surface area contributed by atoms with Crippen LogP contribution in [0.2, 0.25) is 0 Å². The second kappa shape index (κ2) is 11.3. The van der Waals surface area contributed by atoms with E-state index in [4.69, 9.17) is 0 Å². The Morgan fingerprint density at radius 1 is 0.917 bits per heavy atom. The van der Waals surface area contributed by atoms with Crippen LogP contribution in [-0.4, -0.2) is 54.3 Å². The fourth-order valence-electron chi connectivity index (χ4n) is 4.02. The molecule has 0 spiro atoms. The molecule has 0 unspecified atom stereocenters. The Morgan fingerprint density at radius 3 is 1.92 bits per heavy atom. The molecule has 0 radical (unpaired) electrons. The highest BCUT2D eigenvalue weighted by Crippen LogP contribution is 2.25. The van der Waals surface area contributed by atoms with E-state index >= 15 is 0 Å². The summed E-state index contributed by atoms with van der Waals surface area (Å²) in [6.45, 7) is 19.0. The van der Waals surface area contributed by atoms with E-state index in [2.05, 4.69) is 37.5 Å². The molecule has 142 valence electrons. The molecule has 0 aromatic rings. The SMILES string of the molecule is CC.CC(C)CC(=O)C1CCN(CC2CCN(C(C)C)CC2)CC1. The average Bonchev–Trinajstić information content (AvgIpc) is 2.57. The second-order valence-electron chi connectivity index (χ2n) is 8.21. The quantitative estimate of drug-likeness (QED) is 0.714. The maximum absolute atomic E-state index is 12.2. The van der Waals surface area contributed by atoms with Crippen LogP contribution in [0.4, 0.5) is 0 Å². The van der Waals surface area contributed by atoms with Crippen molar-refractivity contribution in [3.63, 3.8) is 0 Å². The highest BCUT2D eigenvalue weighted by Gasteiger charge is 2.28. The van der Waals surface area contributed by atoms with Crippen LogP contribution in [0.5, 0.6) is 0 Å². The summed E-state index contributed by atoms with van der Waals surface area (Å²) < 4.78 is 0. The number of rotatable bonds is 6. The van der Waals surface area contributed by atoms with E-state index in [1.807, 2.05) is 13.8 Å². The lowest BCUT2D eigenvalue weighted by molar-refractivity contribution is -0.125. The fraction of sp³-hybridized carbons (Fsp3) is 0.952. The predicted molar refractivity (Wildman–Crippen MR) is 104 cm³/mol. The monoisotopic (exact) mass is 338 g/mol. The number of ketones is 1. The topological polar surface area (TPSA) is 23.6 Å². The van der Waals surface area contributed by atoms with Crippen molar-refractivity contribution >= 4 is 5.78 Å². The minimum atomic E-state index is 0.349. The summed E-state index contributed by atoms with van der Waals surface area (Å²) in [5, 5.41) is 0. The number of nitrogens with zero attached hydrogens (tertiary/aromatic N) is 2. The summed E-state index contributed by atoms with van der Waals surface area (Å²) in [6, 6.07) is 0.698. The molecule has 2 aliphatic heterocycles. The first-order valence-electron chi connectivity index (χ1n) is 10.4. The summed E-state index contributed by atoms with van der Waals surface area (Å²) >= 11 is 0. The molecule has 2 aliphatic rings. The van der Waals surface area contributed by atoms with Gasteiger partial charge in [0.1, 0.15) is 5.78 Å². The molecule has 3 nitrogen and oxygen atoms in total. The van der Waals surface area contributed by atoms with Gasteiger partial charge in [-0.05, 0) is 77.5 Å². The number of piperidine rings is 2. The first kappa shape index (κ1) is 21.6. The van der Waals surface area contributed by atoms with Gasteiger partial charge in [0.15, 0.2) is 0 Å². The number of carbonyl (C=O) groups is 1. The number of Topliss-reactive ketones (excluding diaryl/α,β-unsaturated/α-hetero) is 1. The zero-order chi connectivity index (χ0) is 18.1. The van der Waals surface area contributed by atoms with E-state index in [1.165, 1.54) is 32.5 Å². The summed E-state index contributed by atoms with van der Waals surface area (Å²) in [5.74, 6) is 2.25. The maximum atomic E-state index is 12.2. The fourth-order valence-corrected chi connectivity index (χ4v) is 4.02. The number of likely N-dealkylation sites (tertiary alicyclic amines) is 2. The van der Waals surface area contributed by atoms with Gasteiger partial charge in [0.25, 0.3) is 0 Å². The number of carbonyl (C=O) groups excluding carboxylic acids is 1. The molecule has 2 heterocycles. The molecule has 0 N–H and O–H groups in total. The standard InChI is InChI=1S/C19H36N2O.C2H6/c1-15(2)13-19(22)18-7-9-20(10-8-18)14-17-5-11-21(12-6-17)16(3)4;1-2/h15-18H,5-14H2,1-4H3;1-2H3. The molecule has 2 rings (SSSR count). The molecular weight excluding hydrogens is 296 g/mol. The smallest absolute Gasteiger partial charge is 0.136 e. The molecular formula is C21H42N2O. The molecule has 0 amide bonds. The van der Waals surface area contributed by atoms with Gasteiger partial charge in [0.05, 0.1) is 0 Å². The molecule has 3 heteroatoms. The largest absolute Gasteiger partial charge is 0.303 e. The Labute approximate surface area is 151 Å². The van der Waals surface area contributed by atoms with E-state index in [0.717, 1.165) is 38.3 Å². The Balaban J connectivity index is 0.00000139. The Kier molecular flexibility index (Phi) is 10.1. The summed E-state index contributed by atoms with van der Waals surface area (Å²) in [5.41, 5.74) is 0. The zero-order valence-electron chi connectivity index (χ0n) is 17.2. The van der Waals surface area contributed by atoms with E-state index in [0.29, 0.717) is 23.7 Å². The molecule has 2 fully saturated rings. The molecule has 0 saturated carbocycles. The molecule has 2 saturated heterocycles. The minimum absolute atomic E-state index is 0.349. The third kappa shape index (κ3) is 7.23. The molecule has 0 aromatic carbocycles. The highest BCUT2D eigenvalue weighted by atomic mass is 16.1. The van der Waals surface area contributed by atoms with E-state index in [9.17, 15) is 4.79 Å². The van der Waals surface area contributed by atoms with Crippen molar-refractivity contribution in [2.24, 2.45) is 17.8 Å². The van der Waals surface area contributed by atoms with Crippen molar-refractivity contribution in [2.75, 3.05) is 32.7 Å². The van der Waals surface area contributed by atoms with Crippen LogP contribution in [0.25, 0.3) is 0 Å². The Morgan fingerprint density at radius 2 is 1.46 bits per heavy atom. The van der Waals surface area contributed by atoms with Gasteiger partial charge in [0.2, 0.25) is 0 Å². The van der Waals surface area contributed by atoms with Crippen LogP contribution in [-0.2, 0) is 4.79 Å². The maximum Gasteiger partial charge on any atom is 0.136 e. The third-order valence-electron chi connectivity index (χ3n) is 5.55. The number of hydrogen-bond donors (Lipinski definition) is 0. The van der Waals surface area contributed by atoms with Gasteiger partial charge in [-0.15, -0.1) is 0 Å². The van der Waals surface area contributed by atoms with Crippen molar-refractivity contribution < 1.29 is 4.79 Å². The van der Waals surface area contributed by atoms with Gasteiger partial charge < -0.3 is 9.80 Å². The third-order valence-corrected chi connectivity index (χ3v) is 5.55. The Hall–Kier alpha value is -0.410. The van der Waals surface area contributed by atoms with E-state index < -0.39 is 0 Å². The van der Waals surface area contributed by atoms with Crippen LogP contribution >= 0.6 is 0 Å². The zero-order valence-corrected chi connectivity index (χ0v) is 17.2. The minimum Gasteiger partial charge on any atom is -0.303 e. The van der Waals surface area contributed by atoms with Crippen LogP contribution in [0.15, 0.2) is 0 Å². The van der Waals surface area contributed by atoms with Crippen LogP contribution in [0.3, 0.4) is 0 Å². The lowest BCUT2D eigenvalue weighted by atomic mass is 9.87. The summed E-state index contributed by atoms with van der Waals surface area (Å²) in [4.78, 5) is 17.4. The lowest BCUT2D eigenvalue weighted by Crippen LogP contribution is -2.44. The first-order valence-corrected chi connectivity index (χ1v) is 10.4. The highest BCUT2D eigenvalue weighted by molar-refractivity contribution is 5.81. The summed E-state index contributed by atoms with van der Waals surface area (Å²) in [6.07, 6.45) is 5.67. The predicted octanol–water partition coefficient (Wildman–Crippen LogP) is 4.46. The molecule has 0 bridgehead atoms. The molecule has 0 aromatic heterocycles. The van der Waals surface area contributed by atoms with Crippen molar-refractivity contribution in [1.82, 2.24) is 9.80 Å². The van der Waals surface area contributed by atoms with Gasteiger partial charge in [0, 0.05) is 24.9 Å². The van der Waals surface area contributed by atoms with Crippen molar-refractivity contribution in [3.8, 4) is 0 Å². The van der Waals surface area contributed by atoms with Crippen LogP contribution < -0.4 is 0 Å². The van der Waals surface area contributed by atoms with E-state index in [1.54, 1.807) is 0 Å². The Bertz CT molecular complexity index is 338. The average molecular weight is 339 g/mol. The van der Waals surface area contributed by atoms with Crippen molar-refractivity contribution in [1.29, 1.82) is 0 Å². The normalized spacial score (nSPS) is 21.8. The lowest BCUT2D eigenvalue weighted by Gasteiger charge is -2.38. The van der Waals surface area contributed by atoms with Gasteiger partial charge in [-0.1, -0.05) is 27.7 Å². The van der Waals surface area contributed by atoms with Crippen LogP contribution in [0.1, 0.15) is 73.6 Å². The summed E-state index contributed by atoms with van der Waals surface area (Å²) in [7, 11) is 0. The molecule has 0 atom stereocenters.